The summed E-state index contributed by atoms with van der Waals surface area (Å²) in [5, 5.41) is 11.2. The van der Waals surface area contributed by atoms with Gasteiger partial charge in [-0.3, -0.25) is 0 Å². The average Bonchev–Trinajstić information content (AvgIpc) is 2.75. The van der Waals surface area contributed by atoms with Crippen molar-refractivity contribution in [2.24, 2.45) is 10.1 Å². The summed E-state index contributed by atoms with van der Waals surface area (Å²) >= 11 is 1.14. The molecule has 0 aliphatic carbocycles. The second-order valence-corrected chi connectivity index (χ2v) is 6.45. The fourth-order valence-corrected chi connectivity index (χ4v) is 2.97. The Hall–Kier alpha value is -0.390. The van der Waals surface area contributed by atoms with Gasteiger partial charge in [-0.15, -0.1) is 35.3 Å². The van der Waals surface area contributed by atoms with Gasteiger partial charge in [-0.2, -0.15) is 0 Å². The highest BCUT2D eigenvalue weighted by molar-refractivity contribution is 14.0. The number of guanidine groups is 1. The van der Waals surface area contributed by atoms with Crippen LogP contribution < -0.4 is 15.8 Å². The average molecular weight is 418 g/mol. The third-order valence-corrected chi connectivity index (χ3v) is 4.51. The van der Waals surface area contributed by atoms with Crippen LogP contribution in [-0.2, 0) is 16.6 Å². The molecule has 9 heteroatoms. The van der Waals surface area contributed by atoms with E-state index in [2.05, 4.69) is 15.6 Å². The lowest BCUT2D eigenvalue weighted by Gasteiger charge is -2.08. The van der Waals surface area contributed by atoms with Crippen molar-refractivity contribution in [1.82, 2.24) is 10.6 Å². The van der Waals surface area contributed by atoms with Crippen LogP contribution in [0.2, 0.25) is 0 Å². The molecule has 1 rings (SSSR count). The summed E-state index contributed by atoms with van der Waals surface area (Å²) in [4.78, 5) is 5.19. The molecule has 0 saturated carbocycles. The largest absolute Gasteiger partial charge is 0.357 e. The van der Waals surface area contributed by atoms with E-state index in [1.165, 1.54) is 6.07 Å². The highest BCUT2D eigenvalue weighted by atomic mass is 127. The SMILES string of the molecule is CCNC(=NCc1ccc(S(N)(=O)=O)s1)NCC.I. The Morgan fingerprint density at radius 3 is 2.32 bits per heavy atom. The summed E-state index contributed by atoms with van der Waals surface area (Å²) in [6.45, 7) is 5.95. The lowest BCUT2D eigenvalue weighted by atomic mass is 10.5. The summed E-state index contributed by atoms with van der Waals surface area (Å²) in [6, 6.07) is 3.23. The molecule has 0 spiro atoms. The van der Waals surface area contributed by atoms with Crippen LogP contribution in [0.3, 0.4) is 0 Å². The number of primary sulfonamides is 1. The van der Waals surface area contributed by atoms with Gasteiger partial charge in [0.1, 0.15) is 4.21 Å². The number of nitrogens with one attached hydrogen (secondary N) is 2. The first-order chi connectivity index (χ1) is 8.47. The molecule has 0 bridgehead atoms. The van der Waals surface area contributed by atoms with E-state index >= 15 is 0 Å². The molecule has 0 amide bonds. The maximum Gasteiger partial charge on any atom is 0.247 e. The van der Waals surface area contributed by atoms with Crippen molar-refractivity contribution in [2.75, 3.05) is 13.1 Å². The summed E-state index contributed by atoms with van der Waals surface area (Å²) in [7, 11) is -3.60. The van der Waals surface area contributed by atoms with E-state index in [9.17, 15) is 8.42 Å². The van der Waals surface area contributed by atoms with Gasteiger partial charge in [-0.25, -0.2) is 18.5 Å². The van der Waals surface area contributed by atoms with Gasteiger partial charge >= 0.3 is 0 Å². The van der Waals surface area contributed by atoms with E-state index in [-0.39, 0.29) is 28.2 Å². The van der Waals surface area contributed by atoms with Crippen LogP contribution in [0.1, 0.15) is 18.7 Å². The van der Waals surface area contributed by atoms with Crippen molar-refractivity contribution in [3.05, 3.63) is 17.0 Å². The quantitative estimate of drug-likeness (QED) is 0.379. The van der Waals surface area contributed by atoms with Gasteiger partial charge in [0.05, 0.1) is 6.54 Å². The highest BCUT2D eigenvalue weighted by Crippen LogP contribution is 2.20. The minimum atomic E-state index is -3.60. The normalized spacial score (nSPS) is 10.5. The maximum atomic E-state index is 11.1. The van der Waals surface area contributed by atoms with Crippen LogP contribution in [-0.4, -0.2) is 27.5 Å². The lowest BCUT2D eigenvalue weighted by molar-refractivity contribution is 0.600. The second kappa shape index (κ2) is 8.72. The van der Waals surface area contributed by atoms with Crippen molar-refractivity contribution in [2.45, 2.75) is 24.6 Å². The van der Waals surface area contributed by atoms with Crippen LogP contribution in [0.15, 0.2) is 21.3 Å². The van der Waals surface area contributed by atoms with Crippen molar-refractivity contribution in [3.63, 3.8) is 0 Å². The first-order valence-corrected chi connectivity index (χ1v) is 7.97. The van der Waals surface area contributed by atoms with E-state index in [1.54, 1.807) is 6.07 Å². The van der Waals surface area contributed by atoms with Gasteiger partial charge in [0.2, 0.25) is 10.0 Å². The number of nitrogens with zero attached hydrogens (tertiary/aromatic N) is 1. The molecular formula is C10H19IN4O2S2. The Kier molecular flexibility index (Phi) is 8.54. The Balaban J connectivity index is 0.00000324. The first-order valence-electron chi connectivity index (χ1n) is 5.61. The minimum absolute atomic E-state index is 0. The molecule has 1 heterocycles. The van der Waals surface area contributed by atoms with E-state index in [4.69, 9.17) is 5.14 Å². The van der Waals surface area contributed by atoms with Crippen molar-refractivity contribution in [3.8, 4) is 0 Å². The van der Waals surface area contributed by atoms with Crippen molar-refractivity contribution in [1.29, 1.82) is 0 Å². The number of hydrogen-bond donors (Lipinski definition) is 3. The minimum Gasteiger partial charge on any atom is -0.357 e. The van der Waals surface area contributed by atoms with Gasteiger partial charge in [-0.05, 0) is 26.0 Å². The van der Waals surface area contributed by atoms with E-state index in [1.807, 2.05) is 13.8 Å². The summed E-state index contributed by atoms with van der Waals surface area (Å²) in [5.74, 6) is 0.713. The Morgan fingerprint density at radius 2 is 1.89 bits per heavy atom. The lowest BCUT2D eigenvalue weighted by Crippen LogP contribution is -2.36. The number of aliphatic imine (C=N–C) groups is 1. The topological polar surface area (TPSA) is 96.6 Å². The first kappa shape index (κ1) is 18.6. The molecule has 1 aromatic rings. The molecule has 0 aromatic carbocycles. The van der Waals surface area contributed by atoms with Crippen LogP contribution in [0, 0.1) is 0 Å². The smallest absolute Gasteiger partial charge is 0.247 e. The molecule has 0 saturated heterocycles. The predicted molar refractivity (Wildman–Crippen MR) is 89.6 cm³/mol. The van der Waals surface area contributed by atoms with E-state index in [0.717, 1.165) is 29.3 Å². The molecule has 0 radical (unpaired) electrons. The molecule has 1 aromatic heterocycles. The van der Waals surface area contributed by atoms with Gasteiger partial charge in [0, 0.05) is 18.0 Å². The van der Waals surface area contributed by atoms with Crippen molar-refractivity contribution < 1.29 is 8.42 Å². The molecule has 0 unspecified atom stereocenters. The summed E-state index contributed by atoms with van der Waals surface area (Å²) in [5.41, 5.74) is 0. The number of hydrogen-bond acceptors (Lipinski definition) is 4. The van der Waals surface area contributed by atoms with Gasteiger partial charge in [0.15, 0.2) is 5.96 Å². The standard InChI is InChI=1S/C10H18N4O2S2.HI/c1-3-12-10(13-4-2)14-7-8-5-6-9(17-8)18(11,15)16;/h5-6H,3-4,7H2,1-2H3,(H2,11,15,16)(H2,12,13,14);1H. The molecule has 0 aliphatic rings. The maximum absolute atomic E-state index is 11.1. The molecule has 0 aliphatic heterocycles. The molecule has 6 nitrogen and oxygen atoms in total. The van der Waals surface area contributed by atoms with Crippen LogP contribution in [0.5, 0.6) is 0 Å². The monoisotopic (exact) mass is 418 g/mol. The number of sulfonamides is 1. The number of halogens is 1. The van der Waals surface area contributed by atoms with Gasteiger partial charge in [0.25, 0.3) is 0 Å². The molecule has 0 fully saturated rings. The van der Waals surface area contributed by atoms with Gasteiger partial charge in [-0.1, -0.05) is 0 Å². The zero-order valence-electron chi connectivity index (χ0n) is 10.8. The Bertz CT molecular complexity index is 505. The predicted octanol–water partition coefficient (Wildman–Crippen LogP) is 1.09. The van der Waals surface area contributed by atoms with E-state index in [0.29, 0.717) is 12.5 Å². The molecule has 0 atom stereocenters. The fourth-order valence-electron chi connectivity index (χ4n) is 1.26. The fraction of sp³-hybridized carbons (Fsp3) is 0.500. The third-order valence-electron chi connectivity index (χ3n) is 2.00. The van der Waals surface area contributed by atoms with Crippen LogP contribution >= 0.6 is 35.3 Å². The van der Waals surface area contributed by atoms with E-state index < -0.39 is 10.0 Å². The zero-order valence-corrected chi connectivity index (χ0v) is 14.8. The second-order valence-electron chi connectivity index (χ2n) is 3.49. The summed E-state index contributed by atoms with van der Waals surface area (Å²) < 4.78 is 22.4. The Labute approximate surface area is 135 Å². The molecule has 19 heavy (non-hydrogen) atoms. The van der Waals surface area contributed by atoms with Crippen LogP contribution in [0.25, 0.3) is 0 Å². The molecular weight excluding hydrogens is 399 g/mol. The zero-order chi connectivity index (χ0) is 13.6. The number of nitrogens with two attached hydrogens (primary N) is 1. The molecule has 110 valence electrons. The van der Waals surface area contributed by atoms with Gasteiger partial charge < -0.3 is 10.6 Å². The number of rotatable bonds is 5. The number of thiophene rings is 1. The highest BCUT2D eigenvalue weighted by Gasteiger charge is 2.10. The third kappa shape index (κ3) is 6.54. The summed E-state index contributed by atoms with van der Waals surface area (Å²) in [6.07, 6.45) is 0. The molecule has 4 N–H and O–H groups in total. The van der Waals surface area contributed by atoms with Crippen molar-refractivity contribution >= 4 is 51.3 Å². The Morgan fingerprint density at radius 1 is 1.32 bits per heavy atom. The van der Waals surface area contributed by atoms with Crippen LogP contribution in [0.4, 0.5) is 0 Å².